The van der Waals surface area contributed by atoms with Gasteiger partial charge in [-0.25, -0.2) is 0 Å². The Morgan fingerprint density at radius 3 is 2.67 bits per heavy atom. The van der Waals surface area contributed by atoms with Crippen LogP contribution in [0.15, 0.2) is 18.2 Å². The van der Waals surface area contributed by atoms with Crippen LogP contribution >= 0.6 is 11.6 Å². The molecule has 0 heterocycles. The zero-order chi connectivity index (χ0) is 11.2. The molecular formula is C12H16ClNO. The first-order chi connectivity index (χ1) is 6.98. The van der Waals surface area contributed by atoms with E-state index in [-0.39, 0.29) is 5.41 Å². The molecule has 1 aromatic carbocycles. The van der Waals surface area contributed by atoms with Crippen LogP contribution in [0.3, 0.4) is 0 Å². The van der Waals surface area contributed by atoms with Crippen LogP contribution in [-0.2, 0) is 0 Å². The number of rotatable bonds is 2. The van der Waals surface area contributed by atoms with E-state index < -0.39 is 0 Å². The molecular weight excluding hydrogens is 210 g/mol. The second-order valence-electron chi connectivity index (χ2n) is 4.84. The van der Waals surface area contributed by atoms with Gasteiger partial charge in [-0.05, 0) is 47.6 Å². The molecule has 82 valence electrons. The van der Waals surface area contributed by atoms with Crippen LogP contribution in [0.25, 0.3) is 0 Å². The Morgan fingerprint density at radius 2 is 2.13 bits per heavy atom. The highest BCUT2D eigenvalue weighted by Gasteiger charge is 2.57. The van der Waals surface area contributed by atoms with E-state index in [9.17, 15) is 5.11 Å². The molecule has 3 heteroatoms. The van der Waals surface area contributed by atoms with E-state index >= 15 is 0 Å². The van der Waals surface area contributed by atoms with Crippen molar-refractivity contribution in [3.8, 4) is 5.75 Å². The lowest BCUT2D eigenvalue weighted by Gasteiger charge is -2.06. The molecule has 0 aromatic heterocycles. The molecule has 0 spiro atoms. The monoisotopic (exact) mass is 225 g/mol. The summed E-state index contributed by atoms with van der Waals surface area (Å²) in [4.78, 5) is 0. The summed E-state index contributed by atoms with van der Waals surface area (Å²) in [5.74, 6) is 1.11. The van der Waals surface area contributed by atoms with Crippen molar-refractivity contribution in [1.82, 2.24) is 0 Å². The van der Waals surface area contributed by atoms with E-state index in [1.165, 1.54) is 0 Å². The minimum Gasteiger partial charge on any atom is -0.508 e. The van der Waals surface area contributed by atoms with Crippen LogP contribution in [0.5, 0.6) is 5.75 Å². The summed E-state index contributed by atoms with van der Waals surface area (Å²) in [5.41, 5.74) is 6.82. The number of hydrogen-bond acceptors (Lipinski definition) is 2. The third-order valence-electron chi connectivity index (χ3n) is 3.63. The number of phenols is 1. The van der Waals surface area contributed by atoms with Crippen molar-refractivity contribution in [1.29, 1.82) is 0 Å². The molecule has 2 rings (SSSR count). The van der Waals surface area contributed by atoms with Crippen molar-refractivity contribution in [2.75, 3.05) is 6.54 Å². The van der Waals surface area contributed by atoms with Crippen LogP contribution in [0.2, 0.25) is 5.02 Å². The molecule has 0 aliphatic heterocycles. The number of benzene rings is 1. The van der Waals surface area contributed by atoms with E-state index in [2.05, 4.69) is 13.8 Å². The highest BCUT2D eigenvalue weighted by Crippen LogP contribution is 2.65. The van der Waals surface area contributed by atoms with Crippen molar-refractivity contribution in [2.24, 2.45) is 17.1 Å². The van der Waals surface area contributed by atoms with E-state index in [0.717, 1.165) is 5.56 Å². The van der Waals surface area contributed by atoms with E-state index in [4.69, 9.17) is 17.3 Å². The fraction of sp³-hybridized carbons (Fsp3) is 0.500. The van der Waals surface area contributed by atoms with Gasteiger partial charge in [0.15, 0.2) is 0 Å². The van der Waals surface area contributed by atoms with Crippen LogP contribution in [0.1, 0.15) is 25.3 Å². The zero-order valence-corrected chi connectivity index (χ0v) is 9.75. The molecule has 1 aliphatic rings. The smallest absolute Gasteiger partial charge is 0.119 e. The molecule has 15 heavy (non-hydrogen) atoms. The Balaban J connectivity index is 2.36. The lowest BCUT2D eigenvalue weighted by Crippen LogP contribution is -2.05. The SMILES string of the molecule is CC1(C)[C@@H](CN)[C@@H]1c1cc(Cl)ccc1O. The van der Waals surface area contributed by atoms with E-state index in [0.29, 0.717) is 29.2 Å². The summed E-state index contributed by atoms with van der Waals surface area (Å²) in [6, 6.07) is 5.20. The molecule has 1 aromatic rings. The Morgan fingerprint density at radius 1 is 1.47 bits per heavy atom. The number of nitrogens with two attached hydrogens (primary N) is 1. The van der Waals surface area contributed by atoms with Crippen LogP contribution in [0.4, 0.5) is 0 Å². The maximum atomic E-state index is 9.79. The normalized spacial score (nSPS) is 27.7. The Kier molecular flexibility index (Phi) is 2.44. The highest BCUT2D eigenvalue weighted by molar-refractivity contribution is 6.30. The van der Waals surface area contributed by atoms with Crippen molar-refractivity contribution in [3.05, 3.63) is 28.8 Å². The fourth-order valence-corrected chi connectivity index (χ4v) is 2.76. The third kappa shape index (κ3) is 1.62. The van der Waals surface area contributed by atoms with Gasteiger partial charge in [0.2, 0.25) is 0 Å². The van der Waals surface area contributed by atoms with Crippen molar-refractivity contribution < 1.29 is 5.11 Å². The molecule has 1 aliphatic carbocycles. The number of phenolic OH excluding ortho intramolecular Hbond substituents is 1. The second kappa shape index (κ2) is 3.39. The quantitative estimate of drug-likeness (QED) is 0.813. The molecule has 0 radical (unpaired) electrons. The molecule has 0 saturated heterocycles. The Bertz CT molecular complexity index is 389. The van der Waals surface area contributed by atoms with Gasteiger partial charge in [0, 0.05) is 5.02 Å². The van der Waals surface area contributed by atoms with Gasteiger partial charge in [0.05, 0.1) is 0 Å². The fourth-order valence-electron chi connectivity index (χ4n) is 2.58. The largest absolute Gasteiger partial charge is 0.508 e. The van der Waals surface area contributed by atoms with Gasteiger partial charge in [-0.2, -0.15) is 0 Å². The first-order valence-electron chi connectivity index (χ1n) is 5.17. The second-order valence-corrected chi connectivity index (χ2v) is 5.28. The standard InChI is InChI=1S/C12H16ClNO/c1-12(2)9(6-14)11(12)8-5-7(13)3-4-10(8)15/h3-5,9,11,15H,6,14H2,1-2H3/t9-,11-/m0/s1. The Hall–Kier alpha value is -0.730. The minimum absolute atomic E-state index is 0.177. The maximum Gasteiger partial charge on any atom is 0.119 e. The Labute approximate surface area is 95.1 Å². The van der Waals surface area contributed by atoms with Gasteiger partial charge in [0.1, 0.15) is 5.75 Å². The van der Waals surface area contributed by atoms with Gasteiger partial charge >= 0.3 is 0 Å². The molecule has 0 amide bonds. The first kappa shape index (κ1) is 10.8. The minimum atomic E-state index is 0.177. The van der Waals surface area contributed by atoms with Crippen LogP contribution in [-0.4, -0.2) is 11.7 Å². The average molecular weight is 226 g/mol. The lowest BCUT2D eigenvalue weighted by molar-refractivity contribution is 0.464. The summed E-state index contributed by atoms with van der Waals surface area (Å²) in [6.45, 7) is 5.01. The van der Waals surface area contributed by atoms with Gasteiger partial charge in [-0.1, -0.05) is 25.4 Å². The van der Waals surface area contributed by atoms with Crippen molar-refractivity contribution in [3.63, 3.8) is 0 Å². The molecule has 3 N–H and O–H groups in total. The number of aromatic hydroxyl groups is 1. The molecule has 1 fully saturated rings. The summed E-state index contributed by atoms with van der Waals surface area (Å²) < 4.78 is 0. The molecule has 2 atom stereocenters. The number of halogens is 1. The summed E-state index contributed by atoms with van der Waals surface area (Å²) >= 11 is 5.93. The van der Waals surface area contributed by atoms with Gasteiger partial charge in [0.25, 0.3) is 0 Å². The van der Waals surface area contributed by atoms with Gasteiger partial charge in [-0.3, -0.25) is 0 Å². The predicted octanol–water partition coefficient (Wildman–Crippen LogP) is 2.74. The molecule has 2 nitrogen and oxygen atoms in total. The van der Waals surface area contributed by atoms with E-state index in [1.54, 1.807) is 12.1 Å². The topological polar surface area (TPSA) is 46.2 Å². The summed E-state index contributed by atoms with van der Waals surface area (Å²) in [5, 5.41) is 10.5. The highest BCUT2D eigenvalue weighted by atomic mass is 35.5. The number of hydrogen-bond donors (Lipinski definition) is 2. The van der Waals surface area contributed by atoms with Gasteiger partial charge < -0.3 is 10.8 Å². The predicted molar refractivity (Wildman–Crippen MR) is 62.2 cm³/mol. The maximum absolute atomic E-state index is 9.79. The van der Waals surface area contributed by atoms with Crippen LogP contribution < -0.4 is 5.73 Å². The lowest BCUT2D eigenvalue weighted by atomic mass is 10.0. The van der Waals surface area contributed by atoms with Crippen LogP contribution in [0, 0.1) is 11.3 Å². The summed E-state index contributed by atoms with van der Waals surface area (Å²) in [7, 11) is 0. The molecule has 0 unspecified atom stereocenters. The average Bonchev–Trinajstić information content (AvgIpc) is 2.72. The molecule has 0 bridgehead atoms. The first-order valence-corrected chi connectivity index (χ1v) is 5.54. The molecule has 1 saturated carbocycles. The van der Waals surface area contributed by atoms with Crippen molar-refractivity contribution >= 4 is 11.6 Å². The van der Waals surface area contributed by atoms with E-state index in [1.807, 2.05) is 6.07 Å². The zero-order valence-electron chi connectivity index (χ0n) is 9.00. The van der Waals surface area contributed by atoms with Crippen molar-refractivity contribution in [2.45, 2.75) is 19.8 Å². The third-order valence-corrected chi connectivity index (χ3v) is 3.86. The summed E-state index contributed by atoms with van der Waals surface area (Å²) in [6.07, 6.45) is 0. The van der Waals surface area contributed by atoms with Gasteiger partial charge in [-0.15, -0.1) is 0 Å².